The number of carbonyl (C=O) groups is 1. The summed E-state index contributed by atoms with van der Waals surface area (Å²) in [6.07, 6.45) is 0.314. The predicted molar refractivity (Wildman–Crippen MR) is 53.3 cm³/mol. The lowest BCUT2D eigenvalue weighted by atomic mass is 10.4. The average Bonchev–Trinajstić information content (AvgIpc) is 2.42. The van der Waals surface area contributed by atoms with E-state index in [2.05, 4.69) is 9.84 Å². The van der Waals surface area contributed by atoms with Gasteiger partial charge in [0.1, 0.15) is 0 Å². The van der Waals surface area contributed by atoms with Gasteiger partial charge in [-0.15, -0.1) is 0 Å². The molecule has 78 valence electrons. The molecule has 0 atom stereocenters. The van der Waals surface area contributed by atoms with Crippen LogP contribution in [0.2, 0.25) is 5.02 Å². The molecule has 0 fully saturated rings. The van der Waals surface area contributed by atoms with Gasteiger partial charge in [-0.25, -0.2) is 0 Å². The number of carbonyl (C=O) groups excluding carboxylic acids is 1. The number of methoxy groups -OCH3 is 1. The monoisotopic (exact) mass is 216 g/mol. The van der Waals surface area contributed by atoms with E-state index < -0.39 is 0 Å². The summed E-state index contributed by atoms with van der Waals surface area (Å²) in [5, 5.41) is 4.85. The van der Waals surface area contributed by atoms with Gasteiger partial charge in [-0.3, -0.25) is 9.48 Å². The Labute approximate surface area is 87.8 Å². The standard InChI is InChI=1S/C9H13ClN2O2/c1-6-9(10)7(2)12(11-6)5-4-8(13)14-3/h4-5H2,1-3H3. The summed E-state index contributed by atoms with van der Waals surface area (Å²) < 4.78 is 6.25. The quantitative estimate of drug-likeness (QED) is 0.723. The molecule has 0 saturated carbocycles. The number of hydrogen-bond donors (Lipinski definition) is 0. The molecule has 0 saturated heterocycles. The average molecular weight is 217 g/mol. The zero-order chi connectivity index (χ0) is 10.7. The van der Waals surface area contributed by atoms with E-state index in [4.69, 9.17) is 11.6 Å². The molecule has 0 aromatic carbocycles. The highest BCUT2D eigenvalue weighted by molar-refractivity contribution is 6.31. The van der Waals surface area contributed by atoms with Crippen molar-refractivity contribution in [3.05, 3.63) is 16.4 Å². The number of esters is 1. The third kappa shape index (κ3) is 2.26. The first kappa shape index (κ1) is 11.0. The van der Waals surface area contributed by atoms with Crippen molar-refractivity contribution < 1.29 is 9.53 Å². The van der Waals surface area contributed by atoms with Crippen molar-refractivity contribution >= 4 is 17.6 Å². The summed E-state index contributed by atoms with van der Waals surface area (Å²) >= 11 is 5.95. The zero-order valence-electron chi connectivity index (χ0n) is 8.50. The van der Waals surface area contributed by atoms with E-state index in [0.29, 0.717) is 18.0 Å². The van der Waals surface area contributed by atoms with E-state index in [1.165, 1.54) is 7.11 Å². The van der Waals surface area contributed by atoms with Crippen LogP contribution in [0.15, 0.2) is 0 Å². The first-order chi connectivity index (χ1) is 6.56. The number of ether oxygens (including phenoxy) is 1. The van der Waals surface area contributed by atoms with Gasteiger partial charge in [-0.1, -0.05) is 11.6 Å². The van der Waals surface area contributed by atoms with Crippen molar-refractivity contribution in [3.8, 4) is 0 Å². The van der Waals surface area contributed by atoms with Crippen LogP contribution in [0.5, 0.6) is 0 Å². The molecule has 14 heavy (non-hydrogen) atoms. The Morgan fingerprint density at radius 1 is 1.57 bits per heavy atom. The van der Waals surface area contributed by atoms with Crippen molar-refractivity contribution in [2.75, 3.05) is 7.11 Å². The Kier molecular flexibility index (Phi) is 3.52. The Hall–Kier alpha value is -1.03. The molecular weight excluding hydrogens is 204 g/mol. The van der Waals surface area contributed by atoms with Gasteiger partial charge in [0.25, 0.3) is 0 Å². The normalized spacial score (nSPS) is 10.3. The van der Waals surface area contributed by atoms with Crippen LogP contribution in [0, 0.1) is 13.8 Å². The third-order valence-electron chi connectivity index (χ3n) is 2.05. The first-order valence-electron chi connectivity index (χ1n) is 4.32. The van der Waals surface area contributed by atoms with Crippen molar-refractivity contribution in [1.29, 1.82) is 0 Å². The molecule has 0 spiro atoms. The molecule has 0 N–H and O–H groups in total. The topological polar surface area (TPSA) is 44.1 Å². The van der Waals surface area contributed by atoms with Crippen molar-refractivity contribution in [2.24, 2.45) is 0 Å². The number of aryl methyl sites for hydroxylation is 2. The molecule has 1 heterocycles. The lowest BCUT2D eigenvalue weighted by Crippen LogP contribution is -2.09. The molecule has 0 bridgehead atoms. The van der Waals surface area contributed by atoms with E-state index in [0.717, 1.165) is 11.4 Å². The fraction of sp³-hybridized carbons (Fsp3) is 0.556. The fourth-order valence-corrected chi connectivity index (χ4v) is 1.33. The van der Waals surface area contributed by atoms with Gasteiger partial charge in [0.05, 0.1) is 36.5 Å². The van der Waals surface area contributed by atoms with Crippen LogP contribution in [-0.4, -0.2) is 22.9 Å². The molecule has 0 aliphatic carbocycles. The van der Waals surface area contributed by atoms with Crippen LogP contribution in [-0.2, 0) is 16.1 Å². The maximum absolute atomic E-state index is 10.9. The number of rotatable bonds is 3. The Morgan fingerprint density at radius 3 is 2.64 bits per heavy atom. The second kappa shape index (κ2) is 4.46. The van der Waals surface area contributed by atoms with Gasteiger partial charge in [-0.05, 0) is 13.8 Å². The number of aromatic nitrogens is 2. The molecule has 1 aromatic heterocycles. The summed E-state index contributed by atoms with van der Waals surface area (Å²) in [4.78, 5) is 10.9. The predicted octanol–water partition coefficient (Wildman–Crippen LogP) is 1.72. The van der Waals surface area contributed by atoms with Crippen LogP contribution in [0.3, 0.4) is 0 Å². The van der Waals surface area contributed by atoms with Gasteiger partial charge < -0.3 is 4.74 Å². The van der Waals surface area contributed by atoms with Crippen LogP contribution in [0.1, 0.15) is 17.8 Å². The highest BCUT2D eigenvalue weighted by Gasteiger charge is 2.10. The lowest BCUT2D eigenvalue weighted by Gasteiger charge is -2.02. The largest absolute Gasteiger partial charge is 0.469 e. The summed E-state index contributed by atoms with van der Waals surface area (Å²) in [6.45, 7) is 4.22. The second-order valence-electron chi connectivity index (χ2n) is 3.03. The van der Waals surface area contributed by atoms with E-state index in [1.807, 2.05) is 13.8 Å². The maximum Gasteiger partial charge on any atom is 0.307 e. The van der Waals surface area contributed by atoms with E-state index in [-0.39, 0.29) is 5.97 Å². The van der Waals surface area contributed by atoms with Crippen LogP contribution >= 0.6 is 11.6 Å². The third-order valence-corrected chi connectivity index (χ3v) is 2.60. The number of hydrogen-bond acceptors (Lipinski definition) is 3. The Balaban J connectivity index is 2.68. The summed E-state index contributed by atoms with van der Waals surface area (Å²) in [6, 6.07) is 0. The van der Waals surface area contributed by atoms with Gasteiger partial charge >= 0.3 is 5.97 Å². The summed E-state index contributed by atoms with van der Waals surface area (Å²) in [5.74, 6) is -0.242. The van der Waals surface area contributed by atoms with Crippen LogP contribution < -0.4 is 0 Å². The minimum Gasteiger partial charge on any atom is -0.469 e. The minimum absolute atomic E-state index is 0.242. The molecule has 4 nitrogen and oxygen atoms in total. The molecule has 0 aliphatic heterocycles. The smallest absolute Gasteiger partial charge is 0.307 e. The van der Waals surface area contributed by atoms with Crippen LogP contribution in [0.4, 0.5) is 0 Å². The summed E-state index contributed by atoms with van der Waals surface area (Å²) in [5.41, 5.74) is 1.67. The maximum atomic E-state index is 10.9. The molecule has 1 aromatic rings. The van der Waals surface area contributed by atoms with E-state index in [9.17, 15) is 4.79 Å². The first-order valence-corrected chi connectivity index (χ1v) is 4.70. The molecular formula is C9H13ClN2O2. The molecule has 1 rings (SSSR count). The van der Waals surface area contributed by atoms with Crippen molar-refractivity contribution in [1.82, 2.24) is 9.78 Å². The number of nitrogens with zero attached hydrogens (tertiary/aromatic N) is 2. The molecule has 0 radical (unpaired) electrons. The fourth-order valence-electron chi connectivity index (χ4n) is 1.19. The Morgan fingerprint density at radius 2 is 2.21 bits per heavy atom. The second-order valence-corrected chi connectivity index (χ2v) is 3.41. The van der Waals surface area contributed by atoms with Crippen LogP contribution in [0.25, 0.3) is 0 Å². The highest BCUT2D eigenvalue weighted by atomic mass is 35.5. The Bertz CT molecular complexity index is 347. The van der Waals surface area contributed by atoms with E-state index in [1.54, 1.807) is 4.68 Å². The highest BCUT2D eigenvalue weighted by Crippen LogP contribution is 2.18. The molecule has 0 amide bonds. The van der Waals surface area contributed by atoms with Gasteiger partial charge in [-0.2, -0.15) is 5.10 Å². The van der Waals surface area contributed by atoms with Gasteiger partial charge in [0, 0.05) is 0 Å². The number of halogens is 1. The SMILES string of the molecule is COC(=O)CCn1nc(C)c(Cl)c1C. The molecule has 5 heteroatoms. The van der Waals surface area contributed by atoms with Gasteiger partial charge in [0.2, 0.25) is 0 Å². The minimum atomic E-state index is -0.242. The van der Waals surface area contributed by atoms with Gasteiger partial charge in [0.15, 0.2) is 0 Å². The molecule has 0 unspecified atom stereocenters. The zero-order valence-corrected chi connectivity index (χ0v) is 9.26. The molecule has 0 aliphatic rings. The summed E-state index contributed by atoms with van der Waals surface area (Å²) in [7, 11) is 1.37. The lowest BCUT2D eigenvalue weighted by molar-refractivity contribution is -0.140. The van der Waals surface area contributed by atoms with E-state index >= 15 is 0 Å². The van der Waals surface area contributed by atoms with Crippen molar-refractivity contribution in [2.45, 2.75) is 26.8 Å². The van der Waals surface area contributed by atoms with Crippen molar-refractivity contribution in [3.63, 3.8) is 0 Å².